The van der Waals surface area contributed by atoms with Crippen molar-refractivity contribution < 1.29 is 0 Å². The van der Waals surface area contributed by atoms with Gasteiger partial charge in [-0.05, 0) is 18.6 Å². The Hall–Kier alpha value is -1.79. The lowest BCUT2D eigenvalue weighted by Gasteiger charge is -1.96. The molecule has 0 aliphatic rings. The minimum Gasteiger partial charge on any atom is -0.397 e. The van der Waals surface area contributed by atoms with E-state index >= 15 is 0 Å². The molecular formula is C12H10N2S. The Balaban J connectivity index is 2.46. The van der Waals surface area contributed by atoms with Gasteiger partial charge in [0.25, 0.3) is 0 Å². The first-order valence-corrected chi connectivity index (χ1v) is 5.39. The van der Waals surface area contributed by atoms with Crippen LogP contribution in [0.5, 0.6) is 0 Å². The number of rotatable bonds is 1. The lowest BCUT2D eigenvalue weighted by atomic mass is 10.1. The van der Waals surface area contributed by atoms with E-state index in [0.717, 1.165) is 10.4 Å². The van der Waals surface area contributed by atoms with Gasteiger partial charge in [-0.15, -0.1) is 11.3 Å². The van der Waals surface area contributed by atoms with Crippen LogP contribution in [-0.2, 0) is 0 Å². The van der Waals surface area contributed by atoms with Gasteiger partial charge < -0.3 is 5.73 Å². The number of nitrogen functional groups attached to an aromatic ring is 1. The van der Waals surface area contributed by atoms with Crippen molar-refractivity contribution in [2.75, 3.05) is 5.73 Å². The Morgan fingerprint density at radius 2 is 1.93 bits per heavy atom. The molecule has 2 nitrogen and oxygen atoms in total. The van der Waals surface area contributed by atoms with Gasteiger partial charge in [0.1, 0.15) is 10.9 Å². The number of nitrogens with zero attached hydrogens (tertiary/aromatic N) is 1. The molecule has 0 bridgehead atoms. The maximum Gasteiger partial charge on any atom is 0.128 e. The van der Waals surface area contributed by atoms with Crippen LogP contribution < -0.4 is 5.73 Å². The van der Waals surface area contributed by atoms with Crippen molar-refractivity contribution in [1.82, 2.24) is 0 Å². The lowest BCUT2D eigenvalue weighted by Crippen LogP contribution is -1.81. The molecule has 3 heteroatoms. The molecule has 2 N–H and O–H groups in total. The largest absolute Gasteiger partial charge is 0.397 e. The highest BCUT2D eigenvalue weighted by atomic mass is 32.1. The van der Waals surface area contributed by atoms with Gasteiger partial charge >= 0.3 is 0 Å². The topological polar surface area (TPSA) is 49.8 Å². The van der Waals surface area contributed by atoms with Gasteiger partial charge in [-0.25, -0.2) is 0 Å². The van der Waals surface area contributed by atoms with Gasteiger partial charge in [0.05, 0.1) is 5.69 Å². The Bertz CT molecular complexity index is 518. The minimum absolute atomic E-state index is 0.568. The smallest absolute Gasteiger partial charge is 0.128 e. The fourth-order valence-corrected chi connectivity index (χ4v) is 2.23. The predicted molar refractivity (Wildman–Crippen MR) is 63.6 cm³/mol. The predicted octanol–water partition coefficient (Wildman–Crippen LogP) is 3.18. The van der Waals surface area contributed by atoms with Crippen LogP contribution in [0.2, 0.25) is 0 Å². The van der Waals surface area contributed by atoms with Gasteiger partial charge in [0, 0.05) is 4.88 Å². The summed E-state index contributed by atoms with van der Waals surface area (Å²) in [6.45, 7) is 2.05. The first-order valence-electron chi connectivity index (χ1n) is 4.57. The molecule has 0 radical (unpaired) electrons. The van der Waals surface area contributed by atoms with Crippen LogP contribution in [0.4, 0.5) is 5.69 Å². The average Bonchev–Trinajstić information content (AvgIpc) is 2.61. The molecule has 0 aliphatic carbocycles. The SMILES string of the molecule is Cc1ccc(-c2cc(N)c(C#N)s2)cc1. The second-order valence-corrected chi connectivity index (χ2v) is 4.43. The van der Waals surface area contributed by atoms with Crippen LogP contribution >= 0.6 is 11.3 Å². The molecule has 2 aromatic rings. The Labute approximate surface area is 92.6 Å². The summed E-state index contributed by atoms with van der Waals surface area (Å²) in [5.74, 6) is 0. The number of nitrogens with two attached hydrogens (primary N) is 1. The van der Waals surface area contributed by atoms with E-state index in [1.54, 1.807) is 0 Å². The number of thiophene rings is 1. The first-order chi connectivity index (χ1) is 7.20. The number of benzene rings is 1. The summed E-state index contributed by atoms with van der Waals surface area (Å²) in [7, 11) is 0. The van der Waals surface area contributed by atoms with Gasteiger partial charge in [-0.2, -0.15) is 5.26 Å². The lowest BCUT2D eigenvalue weighted by molar-refractivity contribution is 1.48. The van der Waals surface area contributed by atoms with E-state index in [0.29, 0.717) is 10.6 Å². The van der Waals surface area contributed by atoms with Crippen LogP contribution in [-0.4, -0.2) is 0 Å². The summed E-state index contributed by atoms with van der Waals surface area (Å²) < 4.78 is 0. The van der Waals surface area contributed by atoms with Crippen molar-refractivity contribution in [2.24, 2.45) is 0 Å². The Kier molecular flexibility index (Phi) is 2.44. The van der Waals surface area contributed by atoms with Crippen molar-refractivity contribution in [3.63, 3.8) is 0 Å². The molecule has 1 heterocycles. The molecule has 0 amide bonds. The zero-order valence-corrected chi connectivity index (χ0v) is 9.14. The number of aryl methyl sites for hydroxylation is 1. The Morgan fingerprint density at radius 3 is 2.47 bits per heavy atom. The third-order valence-electron chi connectivity index (χ3n) is 2.20. The van der Waals surface area contributed by atoms with Gasteiger partial charge in [0.15, 0.2) is 0 Å². The quantitative estimate of drug-likeness (QED) is 0.792. The van der Waals surface area contributed by atoms with E-state index in [1.807, 2.05) is 25.1 Å². The first kappa shape index (κ1) is 9.75. The van der Waals surface area contributed by atoms with Crippen LogP contribution in [0.1, 0.15) is 10.4 Å². The molecule has 0 fully saturated rings. The van der Waals surface area contributed by atoms with E-state index < -0.39 is 0 Å². The van der Waals surface area contributed by atoms with Crippen molar-refractivity contribution >= 4 is 17.0 Å². The summed E-state index contributed by atoms with van der Waals surface area (Å²) >= 11 is 1.43. The monoisotopic (exact) mass is 214 g/mol. The van der Waals surface area contributed by atoms with E-state index in [1.165, 1.54) is 16.9 Å². The minimum atomic E-state index is 0.568. The van der Waals surface area contributed by atoms with Gasteiger partial charge in [0.2, 0.25) is 0 Å². The number of hydrogen-bond donors (Lipinski definition) is 1. The van der Waals surface area contributed by atoms with Crippen molar-refractivity contribution in [2.45, 2.75) is 6.92 Å². The molecule has 0 aliphatic heterocycles. The van der Waals surface area contributed by atoms with Crippen molar-refractivity contribution in [3.05, 3.63) is 40.8 Å². The summed E-state index contributed by atoms with van der Waals surface area (Å²) in [6, 6.07) is 12.1. The normalized spacial score (nSPS) is 9.87. The number of anilines is 1. The summed E-state index contributed by atoms with van der Waals surface area (Å²) in [5, 5.41) is 8.80. The van der Waals surface area contributed by atoms with Crippen molar-refractivity contribution in [1.29, 1.82) is 5.26 Å². The number of nitriles is 1. The van der Waals surface area contributed by atoms with E-state index in [9.17, 15) is 0 Å². The highest BCUT2D eigenvalue weighted by Crippen LogP contribution is 2.32. The standard InChI is InChI=1S/C12H10N2S/c1-8-2-4-9(5-3-8)11-6-10(14)12(7-13)15-11/h2-6H,14H2,1H3. The summed E-state index contributed by atoms with van der Waals surface area (Å²) in [4.78, 5) is 1.63. The molecule has 74 valence electrons. The maximum absolute atomic E-state index is 8.80. The molecule has 1 aromatic carbocycles. The van der Waals surface area contributed by atoms with E-state index in [4.69, 9.17) is 11.0 Å². The zero-order chi connectivity index (χ0) is 10.8. The molecule has 0 atom stereocenters. The van der Waals surface area contributed by atoms with Crippen molar-refractivity contribution in [3.8, 4) is 16.5 Å². The zero-order valence-electron chi connectivity index (χ0n) is 8.32. The van der Waals surface area contributed by atoms with Crippen LogP contribution in [0, 0.1) is 18.3 Å². The fourth-order valence-electron chi connectivity index (χ4n) is 1.35. The van der Waals surface area contributed by atoms with Gasteiger partial charge in [-0.1, -0.05) is 29.8 Å². The second-order valence-electron chi connectivity index (χ2n) is 3.37. The van der Waals surface area contributed by atoms with Crippen LogP contribution in [0.3, 0.4) is 0 Å². The summed E-state index contributed by atoms with van der Waals surface area (Å²) in [5.41, 5.74) is 8.61. The average molecular weight is 214 g/mol. The fraction of sp³-hybridized carbons (Fsp3) is 0.0833. The summed E-state index contributed by atoms with van der Waals surface area (Å²) in [6.07, 6.45) is 0. The molecule has 2 rings (SSSR count). The van der Waals surface area contributed by atoms with Crippen LogP contribution in [0.25, 0.3) is 10.4 Å². The number of hydrogen-bond acceptors (Lipinski definition) is 3. The third kappa shape index (κ3) is 1.85. The second kappa shape index (κ2) is 3.76. The molecule has 0 saturated carbocycles. The molecule has 0 unspecified atom stereocenters. The molecule has 15 heavy (non-hydrogen) atoms. The maximum atomic E-state index is 8.80. The third-order valence-corrected chi connectivity index (χ3v) is 3.30. The molecule has 0 spiro atoms. The van der Waals surface area contributed by atoms with E-state index in [2.05, 4.69) is 18.2 Å². The highest BCUT2D eigenvalue weighted by Gasteiger charge is 2.06. The molecular weight excluding hydrogens is 204 g/mol. The van der Waals surface area contributed by atoms with E-state index in [-0.39, 0.29) is 0 Å². The highest BCUT2D eigenvalue weighted by molar-refractivity contribution is 7.16. The van der Waals surface area contributed by atoms with Crippen LogP contribution in [0.15, 0.2) is 30.3 Å². The molecule has 1 aromatic heterocycles. The Morgan fingerprint density at radius 1 is 1.27 bits per heavy atom. The molecule has 0 saturated heterocycles. The van der Waals surface area contributed by atoms with Gasteiger partial charge in [-0.3, -0.25) is 0 Å².